The van der Waals surface area contributed by atoms with E-state index in [-0.39, 0.29) is 11.9 Å². The van der Waals surface area contributed by atoms with Crippen LogP contribution in [0.15, 0.2) is 22.7 Å². The van der Waals surface area contributed by atoms with E-state index in [1.807, 2.05) is 12.1 Å². The molecule has 1 aromatic carbocycles. The third kappa shape index (κ3) is 3.22. The lowest BCUT2D eigenvalue weighted by molar-refractivity contribution is -0.120. The molecule has 0 aliphatic carbocycles. The number of carbonyl (C=O) groups excluding carboxylic acids is 1. The fourth-order valence-electron chi connectivity index (χ4n) is 1.70. The number of ether oxygens (including phenoxy) is 2. The van der Waals surface area contributed by atoms with Crippen molar-refractivity contribution < 1.29 is 14.3 Å². The summed E-state index contributed by atoms with van der Waals surface area (Å²) in [6.45, 7) is 1.75. The standard InChI is InChI=1S/C12H15BrN2O3/c1-17-11-6-8(2-3-9(11)13)15-12(16)10-7-18-5-4-14-10/h2-3,6,10,14H,4-5,7H2,1H3,(H,15,16). The molecule has 1 aliphatic rings. The zero-order chi connectivity index (χ0) is 13.0. The summed E-state index contributed by atoms with van der Waals surface area (Å²) < 4.78 is 11.3. The first-order valence-electron chi connectivity index (χ1n) is 5.66. The Morgan fingerprint density at radius 3 is 3.11 bits per heavy atom. The molecule has 1 saturated heterocycles. The maximum atomic E-state index is 11.9. The summed E-state index contributed by atoms with van der Waals surface area (Å²) in [5.41, 5.74) is 0.701. The molecule has 6 heteroatoms. The zero-order valence-electron chi connectivity index (χ0n) is 10.0. The maximum absolute atomic E-state index is 11.9. The first-order valence-corrected chi connectivity index (χ1v) is 6.45. The highest BCUT2D eigenvalue weighted by Gasteiger charge is 2.21. The average Bonchev–Trinajstić information content (AvgIpc) is 2.42. The van der Waals surface area contributed by atoms with E-state index in [2.05, 4.69) is 26.6 Å². The largest absolute Gasteiger partial charge is 0.495 e. The van der Waals surface area contributed by atoms with Crippen molar-refractivity contribution >= 4 is 27.5 Å². The lowest BCUT2D eigenvalue weighted by atomic mass is 10.2. The third-order valence-corrected chi connectivity index (χ3v) is 3.31. The second-order valence-electron chi connectivity index (χ2n) is 3.92. The number of rotatable bonds is 3. The van der Waals surface area contributed by atoms with Crippen LogP contribution in [0.4, 0.5) is 5.69 Å². The highest BCUT2D eigenvalue weighted by Crippen LogP contribution is 2.27. The smallest absolute Gasteiger partial charge is 0.243 e. The zero-order valence-corrected chi connectivity index (χ0v) is 11.6. The minimum absolute atomic E-state index is 0.0981. The Morgan fingerprint density at radius 2 is 2.44 bits per heavy atom. The van der Waals surface area contributed by atoms with Gasteiger partial charge in [-0.05, 0) is 28.1 Å². The molecule has 1 amide bonds. The van der Waals surface area contributed by atoms with Crippen LogP contribution in [-0.2, 0) is 9.53 Å². The van der Waals surface area contributed by atoms with Crippen LogP contribution < -0.4 is 15.4 Å². The second kappa shape index (κ2) is 6.17. The topological polar surface area (TPSA) is 59.6 Å². The normalized spacial score (nSPS) is 19.3. The summed E-state index contributed by atoms with van der Waals surface area (Å²) in [6, 6.07) is 5.12. The highest BCUT2D eigenvalue weighted by atomic mass is 79.9. The fraction of sp³-hybridized carbons (Fsp3) is 0.417. The lowest BCUT2D eigenvalue weighted by Gasteiger charge is -2.23. The van der Waals surface area contributed by atoms with Gasteiger partial charge >= 0.3 is 0 Å². The van der Waals surface area contributed by atoms with Crippen molar-refractivity contribution in [3.8, 4) is 5.75 Å². The molecule has 1 unspecified atom stereocenters. The Balaban J connectivity index is 2.02. The molecule has 0 radical (unpaired) electrons. The van der Waals surface area contributed by atoms with Gasteiger partial charge in [-0.1, -0.05) is 0 Å². The summed E-state index contributed by atoms with van der Waals surface area (Å²) in [4.78, 5) is 11.9. The number of hydrogen-bond acceptors (Lipinski definition) is 4. The molecule has 5 nitrogen and oxygen atoms in total. The molecule has 2 N–H and O–H groups in total. The molecule has 1 atom stereocenters. The second-order valence-corrected chi connectivity index (χ2v) is 4.77. The number of benzene rings is 1. The van der Waals surface area contributed by atoms with Crippen LogP contribution >= 0.6 is 15.9 Å². The summed E-state index contributed by atoms with van der Waals surface area (Å²) in [7, 11) is 1.59. The number of morpholine rings is 1. The SMILES string of the molecule is COc1cc(NC(=O)C2COCCN2)ccc1Br. The Morgan fingerprint density at radius 1 is 1.61 bits per heavy atom. The number of anilines is 1. The van der Waals surface area contributed by atoms with Crippen molar-refractivity contribution in [1.82, 2.24) is 5.32 Å². The molecule has 18 heavy (non-hydrogen) atoms. The van der Waals surface area contributed by atoms with Gasteiger partial charge in [0, 0.05) is 18.3 Å². The number of nitrogens with one attached hydrogen (secondary N) is 2. The summed E-state index contributed by atoms with van der Waals surface area (Å²) in [5.74, 6) is 0.583. The van der Waals surface area contributed by atoms with Crippen molar-refractivity contribution in [2.75, 3.05) is 32.2 Å². The average molecular weight is 315 g/mol. The monoisotopic (exact) mass is 314 g/mol. The van der Waals surface area contributed by atoms with E-state index in [9.17, 15) is 4.79 Å². The highest BCUT2D eigenvalue weighted by molar-refractivity contribution is 9.10. The van der Waals surface area contributed by atoms with Crippen LogP contribution in [-0.4, -0.2) is 38.8 Å². The number of carbonyl (C=O) groups is 1. The predicted molar refractivity (Wildman–Crippen MR) is 71.9 cm³/mol. The number of hydrogen-bond donors (Lipinski definition) is 2. The molecule has 0 bridgehead atoms. The molecule has 1 aromatic rings. The molecule has 2 rings (SSSR count). The molecule has 98 valence electrons. The molecule has 1 heterocycles. The van der Waals surface area contributed by atoms with Gasteiger partial charge in [0.05, 0.1) is 24.8 Å². The third-order valence-electron chi connectivity index (χ3n) is 2.66. The summed E-state index contributed by atoms with van der Waals surface area (Å²) in [5, 5.41) is 5.93. The van der Waals surface area contributed by atoms with Gasteiger partial charge in [-0.2, -0.15) is 0 Å². The van der Waals surface area contributed by atoms with Gasteiger partial charge in [0.2, 0.25) is 5.91 Å². The van der Waals surface area contributed by atoms with Gasteiger partial charge in [0.25, 0.3) is 0 Å². The molecular formula is C12H15BrN2O3. The van der Waals surface area contributed by atoms with Crippen molar-refractivity contribution in [1.29, 1.82) is 0 Å². The number of methoxy groups -OCH3 is 1. The van der Waals surface area contributed by atoms with E-state index in [0.29, 0.717) is 31.2 Å². The van der Waals surface area contributed by atoms with E-state index in [1.54, 1.807) is 13.2 Å². The summed E-state index contributed by atoms with van der Waals surface area (Å²) in [6.07, 6.45) is 0. The minimum Gasteiger partial charge on any atom is -0.495 e. The molecule has 1 aliphatic heterocycles. The quantitative estimate of drug-likeness (QED) is 0.885. The molecule has 1 fully saturated rings. The van der Waals surface area contributed by atoms with Crippen LogP contribution in [0.1, 0.15) is 0 Å². The minimum atomic E-state index is -0.298. The molecule has 0 spiro atoms. The van der Waals surface area contributed by atoms with E-state index in [1.165, 1.54) is 0 Å². The lowest BCUT2D eigenvalue weighted by Crippen LogP contribution is -2.48. The number of halogens is 1. The van der Waals surface area contributed by atoms with Gasteiger partial charge in [-0.3, -0.25) is 4.79 Å². The number of amides is 1. The van der Waals surface area contributed by atoms with Gasteiger partial charge in [0.1, 0.15) is 11.8 Å². The Hall–Kier alpha value is -1.11. The van der Waals surface area contributed by atoms with Gasteiger partial charge in [-0.15, -0.1) is 0 Å². The maximum Gasteiger partial charge on any atom is 0.243 e. The van der Waals surface area contributed by atoms with Gasteiger partial charge in [-0.25, -0.2) is 0 Å². The van der Waals surface area contributed by atoms with Gasteiger partial charge in [0.15, 0.2) is 0 Å². The Kier molecular flexibility index (Phi) is 4.57. The van der Waals surface area contributed by atoms with E-state index in [4.69, 9.17) is 9.47 Å². The van der Waals surface area contributed by atoms with E-state index >= 15 is 0 Å². The van der Waals surface area contributed by atoms with E-state index in [0.717, 1.165) is 4.47 Å². The predicted octanol–water partition coefficient (Wildman–Crippen LogP) is 1.38. The fourth-order valence-corrected chi connectivity index (χ4v) is 2.11. The van der Waals surface area contributed by atoms with Crippen LogP contribution in [0.2, 0.25) is 0 Å². The van der Waals surface area contributed by atoms with Crippen LogP contribution in [0.3, 0.4) is 0 Å². The summed E-state index contributed by atoms with van der Waals surface area (Å²) >= 11 is 3.36. The van der Waals surface area contributed by atoms with Crippen LogP contribution in [0, 0.1) is 0 Å². The van der Waals surface area contributed by atoms with Crippen LogP contribution in [0.25, 0.3) is 0 Å². The molecule has 0 aromatic heterocycles. The Bertz CT molecular complexity index is 433. The van der Waals surface area contributed by atoms with Crippen molar-refractivity contribution in [2.24, 2.45) is 0 Å². The first-order chi connectivity index (χ1) is 8.70. The van der Waals surface area contributed by atoms with Crippen molar-refractivity contribution in [3.05, 3.63) is 22.7 Å². The Labute approximate surface area is 114 Å². The van der Waals surface area contributed by atoms with Crippen LogP contribution in [0.5, 0.6) is 5.75 Å². The first kappa shape index (κ1) is 13.3. The van der Waals surface area contributed by atoms with Crippen molar-refractivity contribution in [2.45, 2.75) is 6.04 Å². The van der Waals surface area contributed by atoms with Crippen molar-refractivity contribution in [3.63, 3.8) is 0 Å². The van der Waals surface area contributed by atoms with Gasteiger partial charge < -0.3 is 20.1 Å². The van der Waals surface area contributed by atoms with E-state index < -0.39 is 0 Å². The molecule has 0 saturated carbocycles. The molecular weight excluding hydrogens is 300 g/mol.